The molecule has 35 heteroatoms. The van der Waals surface area contributed by atoms with Crippen LogP contribution in [0.3, 0.4) is 0 Å². The average molecular weight is 1000 g/mol. The molecule has 2 aromatic carbocycles. The van der Waals surface area contributed by atoms with Crippen LogP contribution in [0.15, 0.2) is 47.7 Å². The van der Waals surface area contributed by atoms with Gasteiger partial charge in [0.15, 0.2) is 24.5 Å². The third-order valence-corrected chi connectivity index (χ3v) is 11.8. The van der Waals surface area contributed by atoms with Crippen molar-refractivity contribution in [1.29, 1.82) is 0 Å². The van der Waals surface area contributed by atoms with E-state index in [4.69, 9.17) is 18.6 Å². The van der Waals surface area contributed by atoms with Crippen molar-refractivity contribution in [3.63, 3.8) is 0 Å². The van der Waals surface area contributed by atoms with Gasteiger partial charge >= 0.3 is 86.8 Å². The van der Waals surface area contributed by atoms with E-state index in [2.05, 4.69) is 0 Å². The predicted molar refractivity (Wildman–Crippen MR) is 149 cm³/mol. The summed E-state index contributed by atoms with van der Waals surface area (Å²) in [5.74, 6) is -1.65. The molecule has 0 unspecified atom stereocenters. The zero-order chi connectivity index (χ0) is 43.0. The zero-order valence-corrected chi connectivity index (χ0v) is 31.1. The van der Waals surface area contributed by atoms with E-state index >= 15 is 0 Å². The minimum atomic E-state index is -14.6. The third kappa shape index (κ3) is 11.9. The standard InChI is InChI=1S/C17H14F25NOS5.2ClH.Ti/c1-17(2,3)9-6-4-5-8(11(9)44)7-43-10-12(45(18,19,20,21)22)14(47(28,29,30,31)32)16(49(38,39,40,41)42)15(48(33,34,35,36)37)13(10)46(23,24,25,26)27;;;/h4-7,44H,1-3H3;2*1H;/q;;;+2/p-2. The molecular weight excluding hydrogens is 988 g/mol. The van der Waals surface area contributed by atoms with Crippen molar-refractivity contribution >= 4 is 81.6 Å². The van der Waals surface area contributed by atoms with Gasteiger partial charge in [0.25, 0.3) is 0 Å². The molecule has 0 spiro atoms. The number of rotatable bonds is 7. The van der Waals surface area contributed by atoms with E-state index in [1.165, 1.54) is 0 Å². The van der Waals surface area contributed by atoms with Crippen LogP contribution >= 0.6 is 69.7 Å². The second-order valence-corrected chi connectivity index (χ2v) is 25.5. The van der Waals surface area contributed by atoms with E-state index in [1.54, 1.807) is 0 Å². The number of hydrogen-bond acceptors (Lipinski definition) is 2. The van der Waals surface area contributed by atoms with Gasteiger partial charge < -0.3 is 5.11 Å². The number of benzene rings is 2. The molecule has 0 aliphatic carbocycles. The van der Waals surface area contributed by atoms with E-state index in [0.29, 0.717) is 6.07 Å². The molecule has 1 N–H and O–H groups in total. The van der Waals surface area contributed by atoms with Gasteiger partial charge in [0.2, 0.25) is 0 Å². The Morgan fingerprint density at radius 2 is 0.769 bits per heavy atom. The van der Waals surface area contributed by atoms with Crippen LogP contribution in [0.25, 0.3) is 0 Å². The van der Waals surface area contributed by atoms with Crippen molar-refractivity contribution < 1.29 is 119 Å². The molecule has 0 aliphatic heterocycles. The van der Waals surface area contributed by atoms with Crippen LogP contribution in [0.5, 0.6) is 5.75 Å². The molecule has 0 bridgehead atoms. The second kappa shape index (κ2) is 9.48. The SMILES string of the molecule is CC(C)(C)c1cccc(C=Nc2c(S(F)(F)(F)(F)F)c(S(F)(F)(F)(F)F)c(S(F)(F)(F)(F)F)c(S(F)(F)(F)(F)F)c2S(F)(F)(F)(F)F)c1O.[Cl][Ti][Cl]. The van der Waals surface area contributed by atoms with Crippen LogP contribution in [0.4, 0.5) is 103 Å². The average Bonchev–Trinajstić information content (AvgIpc) is 2.68. The van der Waals surface area contributed by atoms with Gasteiger partial charge in [0, 0.05) is 11.8 Å². The molecule has 0 saturated carbocycles. The predicted octanol–water partition coefficient (Wildman–Crippen LogP) is 19.1. The maximum atomic E-state index is 14.0. The molecule has 0 atom stereocenters. The van der Waals surface area contributed by atoms with Gasteiger partial charge in [-0.1, -0.05) is 130 Å². The van der Waals surface area contributed by atoms with E-state index in [0.717, 1.165) is 31.8 Å². The summed E-state index contributed by atoms with van der Waals surface area (Å²) in [4.78, 5) is -35.7. The van der Waals surface area contributed by atoms with Gasteiger partial charge in [0.05, 0.1) is 0 Å². The first-order valence-electron chi connectivity index (χ1n) is 11.2. The first-order valence-corrected chi connectivity index (χ1v) is 25.3. The summed E-state index contributed by atoms with van der Waals surface area (Å²) in [5.41, 5.74) is -9.72. The van der Waals surface area contributed by atoms with E-state index < -0.39 is 127 Å². The van der Waals surface area contributed by atoms with Gasteiger partial charge in [0.1, 0.15) is 11.4 Å². The van der Waals surface area contributed by atoms with Crippen molar-refractivity contribution in [2.75, 3.05) is 0 Å². The number of phenolic OH excluding ortho intramolecular Hbond substituents is 1. The molecule has 0 heterocycles. The summed E-state index contributed by atoms with van der Waals surface area (Å²) in [6.45, 7) is 3.21. The van der Waals surface area contributed by atoms with Crippen LogP contribution in [0.2, 0.25) is 0 Å². The van der Waals surface area contributed by atoms with Crippen molar-refractivity contribution in [2.24, 2.45) is 4.99 Å². The quantitative estimate of drug-likeness (QED) is 0.167. The summed E-state index contributed by atoms with van der Waals surface area (Å²) in [7, 11) is -61.7. The minimum absolute atomic E-state index is 0.0484. The first kappa shape index (κ1) is 49.2. The Balaban J connectivity index is 0.00000434. The Labute approximate surface area is 290 Å². The molecule has 0 aromatic heterocycles. The number of nitrogens with zero attached hydrogens (tertiary/aromatic N) is 1. The van der Waals surface area contributed by atoms with Crippen LogP contribution in [0, 0.1) is 0 Å². The molecule has 0 radical (unpaired) electrons. The van der Waals surface area contributed by atoms with Gasteiger partial charge in [-0.25, -0.2) is 0 Å². The number of aliphatic imine (C=N–C) groups is 1. The molecular formula is C17H14Cl2F25NOS5Ti. The number of para-hydroxylation sites is 1. The monoisotopic (exact) mass is 1000 g/mol. The molecule has 0 amide bonds. The molecule has 316 valence electrons. The van der Waals surface area contributed by atoms with Crippen molar-refractivity contribution in [1.82, 2.24) is 0 Å². The summed E-state index contributed by atoms with van der Waals surface area (Å²) in [5, 5.41) is 10.2. The molecule has 2 nitrogen and oxygen atoms in total. The Kier molecular flexibility index (Phi) is 8.98. The Bertz CT molecular complexity index is 1820. The van der Waals surface area contributed by atoms with Crippen LogP contribution in [-0.4, -0.2) is 11.3 Å². The number of halogens is 27. The van der Waals surface area contributed by atoms with Crippen LogP contribution in [0.1, 0.15) is 31.9 Å². The molecule has 0 fully saturated rings. The van der Waals surface area contributed by atoms with Crippen LogP contribution in [-0.2, 0) is 22.4 Å². The molecule has 2 aromatic rings. The summed E-state index contributed by atoms with van der Waals surface area (Å²) in [6, 6.07) is 1.28. The van der Waals surface area contributed by atoms with Crippen molar-refractivity contribution in [3.05, 3.63) is 29.3 Å². The molecule has 0 aliphatic rings. The fraction of sp³-hybridized carbons (Fsp3) is 0.235. The Hall–Kier alpha value is -0.796. The van der Waals surface area contributed by atoms with Gasteiger partial charge in [-0.2, -0.15) is 0 Å². The number of phenols is 1. The summed E-state index contributed by atoms with van der Waals surface area (Å²) < 4.78 is 348. The second-order valence-electron chi connectivity index (χ2n) is 11.2. The number of aromatic hydroxyl groups is 1. The van der Waals surface area contributed by atoms with E-state index in [1.807, 2.05) is 0 Å². The van der Waals surface area contributed by atoms with Gasteiger partial charge in [-0.05, 0) is 17.0 Å². The Morgan fingerprint density at radius 1 is 0.519 bits per heavy atom. The van der Waals surface area contributed by atoms with Gasteiger partial charge in [-0.15, -0.1) is 0 Å². The third-order valence-electron chi connectivity index (χ3n) is 5.39. The maximum absolute atomic E-state index is 14.6. The van der Waals surface area contributed by atoms with Crippen LogP contribution < -0.4 is 0 Å². The zero-order valence-electron chi connectivity index (χ0n) is 24.0. The normalized spacial score (nSPS) is 20.9. The molecule has 2 rings (SSSR count). The molecule has 52 heavy (non-hydrogen) atoms. The first-order chi connectivity index (χ1) is 21.0. The van der Waals surface area contributed by atoms with Crippen molar-refractivity contribution in [2.45, 2.75) is 50.7 Å². The van der Waals surface area contributed by atoms with Gasteiger partial charge in [-0.3, -0.25) is 4.99 Å². The fourth-order valence-corrected chi connectivity index (χ4v) is 12.6. The topological polar surface area (TPSA) is 32.6 Å². The number of hydrogen-bond donors (Lipinski definition) is 1. The summed E-state index contributed by atoms with van der Waals surface area (Å²) >= 11 is -0.556. The Morgan fingerprint density at radius 3 is 1.00 bits per heavy atom. The fourth-order valence-electron chi connectivity index (χ4n) is 3.92. The summed E-state index contributed by atoms with van der Waals surface area (Å²) in [6.07, 6.45) is -1.36. The van der Waals surface area contributed by atoms with E-state index in [-0.39, 0.29) is 6.07 Å². The van der Waals surface area contributed by atoms with E-state index in [9.17, 15) is 102 Å². The van der Waals surface area contributed by atoms with Crippen molar-refractivity contribution in [3.8, 4) is 5.75 Å². The molecule has 0 saturated heterocycles.